The summed E-state index contributed by atoms with van der Waals surface area (Å²) >= 11 is 1.39. The summed E-state index contributed by atoms with van der Waals surface area (Å²) in [5, 5.41) is 35.7. The molecule has 274 valence electrons. The van der Waals surface area contributed by atoms with E-state index >= 15 is 0 Å². The van der Waals surface area contributed by atoms with Crippen molar-refractivity contribution in [2.24, 2.45) is 0 Å². The number of fused-ring (bicyclic) bond motifs is 3. The molecule has 2 aliphatic rings. The Kier molecular flexibility index (Phi) is 11.0. The molecule has 4 aromatic carbocycles. The summed E-state index contributed by atoms with van der Waals surface area (Å²) in [5.74, 6) is 0.487. The number of rotatable bonds is 11. The van der Waals surface area contributed by atoms with Gasteiger partial charge in [-0.3, -0.25) is 20.2 Å². The number of nitro groups is 2. The molecule has 1 spiro atoms. The zero-order valence-electron chi connectivity index (χ0n) is 28.4. The fourth-order valence-electron chi connectivity index (χ4n) is 5.99. The van der Waals surface area contributed by atoms with Crippen molar-refractivity contribution in [1.82, 2.24) is 0 Å². The molecule has 0 saturated heterocycles. The van der Waals surface area contributed by atoms with Crippen LogP contribution < -0.4 is 44.6 Å². The van der Waals surface area contributed by atoms with Crippen molar-refractivity contribution in [3.8, 4) is 23.0 Å². The van der Waals surface area contributed by atoms with E-state index in [9.17, 15) is 25.5 Å². The summed E-state index contributed by atoms with van der Waals surface area (Å²) < 4.78 is 22.1. The number of hydrogen-bond donors (Lipinski definition) is 2. The minimum absolute atomic E-state index is 0.0552. The number of anilines is 3. The van der Waals surface area contributed by atoms with Crippen molar-refractivity contribution in [2.75, 3.05) is 41.4 Å². The van der Waals surface area contributed by atoms with E-state index in [-0.39, 0.29) is 39.3 Å². The molecule has 6 rings (SSSR count). The molecule has 0 saturated carbocycles. The molecule has 52 heavy (non-hydrogen) atoms. The summed E-state index contributed by atoms with van der Waals surface area (Å²) in [4.78, 5) is 31.2. The Balaban J connectivity index is 1.63. The van der Waals surface area contributed by atoms with E-state index in [2.05, 4.69) is 38.7 Å². The lowest BCUT2D eigenvalue weighted by Crippen LogP contribution is -3.20. The fourth-order valence-corrected chi connectivity index (χ4v) is 8.76. The third-order valence-corrected chi connectivity index (χ3v) is 12.0. The highest BCUT2D eigenvalue weighted by molar-refractivity contribution is 15.0. The Hall–Kier alpha value is -4.74. The molecule has 0 bridgehead atoms. The number of nitro benzene ring substituents is 2. The second-order valence-electron chi connectivity index (χ2n) is 11.4. The first-order valence-electron chi connectivity index (χ1n) is 16.2. The minimum Gasteiger partial charge on any atom is -0.664 e. The summed E-state index contributed by atoms with van der Waals surface area (Å²) in [6.45, 7) is 11.0. The van der Waals surface area contributed by atoms with Crippen molar-refractivity contribution < 1.29 is 42.0 Å². The van der Waals surface area contributed by atoms with Crippen molar-refractivity contribution in [3.63, 3.8) is 0 Å². The maximum absolute atomic E-state index is 11.9. The van der Waals surface area contributed by atoms with E-state index in [4.69, 9.17) is 19.6 Å². The smallest absolute Gasteiger partial charge is 0.619 e. The molecule has 0 fully saturated rings. The number of halogens is 2. The third-order valence-electron chi connectivity index (χ3n) is 8.61. The van der Waals surface area contributed by atoms with E-state index in [1.807, 2.05) is 58.0 Å². The van der Waals surface area contributed by atoms with Gasteiger partial charge in [-0.15, -0.1) is 0 Å². The first kappa shape index (κ1) is 37.0. The van der Waals surface area contributed by atoms with Gasteiger partial charge in [-0.25, -0.2) is 8.26 Å². The highest BCUT2D eigenvalue weighted by atomic mass is 128. The second-order valence-corrected chi connectivity index (χ2v) is 15.1. The van der Waals surface area contributed by atoms with Crippen molar-refractivity contribution in [3.05, 3.63) is 98.5 Å². The van der Waals surface area contributed by atoms with Crippen molar-refractivity contribution in [2.45, 2.75) is 33.8 Å². The van der Waals surface area contributed by atoms with Crippen LogP contribution in [0.3, 0.4) is 0 Å². The minimum atomic E-state index is -2.20. The van der Waals surface area contributed by atoms with Gasteiger partial charge in [0.25, 0.3) is 28.4 Å². The van der Waals surface area contributed by atoms with Gasteiger partial charge in [-0.1, -0.05) is 5.01 Å². The summed E-state index contributed by atoms with van der Waals surface area (Å²) in [7, 11) is 0. The molecule has 0 aliphatic carbocycles. The van der Waals surface area contributed by atoms with Crippen LogP contribution >= 0.6 is 35.7 Å². The van der Waals surface area contributed by atoms with Gasteiger partial charge in [0.05, 0.1) is 28.5 Å². The number of ether oxygens (including phenoxy) is 3. The summed E-state index contributed by atoms with van der Waals surface area (Å²) in [6, 6.07) is 18.7. The van der Waals surface area contributed by atoms with Gasteiger partial charge in [0.15, 0.2) is 5.75 Å². The first-order valence-corrected chi connectivity index (χ1v) is 23.5. The van der Waals surface area contributed by atoms with Crippen molar-refractivity contribution in [1.29, 1.82) is 0 Å². The Morgan fingerprint density at radius 1 is 0.827 bits per heavy atom. The van der Waals surface area contributed by atoms with Crippen LogP contribution in [0.1, 0.15) is 27.7 Å². The van der Waals surface area contributed by atoms with Crippen LogP contribution in [0.5, 0.6) is 23.0 Å². The van der Waals surface area contributed by atoms with Crippen molar-refractivity contribution >= 4 is 81.2 Å². The van der Waals surface area contributed by atoms with E-state index in [1.54, 1.807) is 8.90 Å². The van der Waals surface area contributed by atoms with Crippen LogP contribution in [0, 0.1) is 20.2 Å². The average Bonchev–Trinajstić information content (AvgIpc) is 3.45. The third kappa shape index (κ3) is 7.04. The van der Waals surface area contributed by atoms with Gasteiger partial charge in [0, 0.05) is 86.1 Å². The summed E-state index contributed by atoms with van der Waals surface area (Å²) in [5.41, 5.74) is 10.2. The van der Waals surface area contributed by atoms with Gasteiger partial charge in [0.2, 0.25) is 17.1 Å². The van der Waals surface area contributed by atoms with Crippen LogP contribution in [-0.2, 0) is 0 Å². The lowest BCUT2D eigenvalue weighted by molar-refractivity contribution is -0.940. The molecule has 0 aromatic heterocycles. The molecule has 2 atom stereocenters. The van der Waals surface area contributed by atoms with Crippen LogP contribution in [0.4, 0.5) is 45.5 Å². The SMILES string of the molecule is CCN(CC)c1ccc2c(c1)O[C@@]1(Oc3ccc([N+](=O)[O-])cc3[N-][N+]2=II)Oc2cc(N(CC)CC)ccc2[NH+]1Nc1cc([N+](=O)[O-])ccc1O[O-]. The molecular formula is C33H34I2N8O9. The van der Waals surface area contributed by atoms with Gasteiger partial charge in [0.1, 0.15) is 17.2 Å². The van der Waals surface area contributed by atoms with E-state index in [1.165, 1.54) is 24.3 Å². The molecule has 4 aromatic rings. The molecule has 2 aliphatic heterocycles. The van der Waals surface area contributed by atoms with E-state index in [0.717, 1.165) is 23.5 Å². The fraction of sp³-hybridized carbons (Fsp3) is 0.273. The van der Waals surface area contributed by atoms with Gasteiger partial charge in [-0.05, 0) is 57.6 Å². The maximum Gasteiger partial charge on any atom is 0.619 e. The Morgan fingerprint density at radius 3 is 2.02 bits per heavy atom. The predicted molar refractivity (Wildman–Crippen MR) is 207 cm³/mol. The Morgan fingerprint density at radius 2 is 1.40 bits per heavy atom. The lowest BCUT2D eigenvalue weighted by atomic mass is 10.2. The van der Waals surface area contributed by atoms with E-state index < -0.39 is 33.0 Å². The lowest BCUT2D eigenvalue weighted by Gasteiger charge is -2.31. The topological polar surface area (TPSA) is 186 Å². The van der Waals surface area contributed by atoms with Gasteiger partial charge >= 0.3 is 6.10 Å². The number of quaternary nitrogens is 1. The predicted octanol–water partition coefficient (Wildman–Crippen LogP) is 6.64. The number of benzene rings is 4. The number of hydrogen-bond acceptors (Lipinski definition) is 12. The maximum atomic E-state index is 11.9. The molecule has 17 nitrogen and oxygen atoms in total. The quantitative estimate of drug-likeness (QED) is 0.0709. The largest absolute Gasteiger partial charge is 0.664 e. The normalized spacial score (nSPS) is 18.0. The number of nitrogens with zero attached hydrogens (tertiary/aromatic N) is 6. The average molecular weight is 940 g/mol. The molecule has 0 radical (unpaired) electrons. The van der Waals surface area contributed by atoms with Crippen LogP contribution in [0.15, 0.2) is 72.8 Å². The highest BCUT2D eigenvalue weighted by Gasteiger charge is 2.61. The second kappa shape index (κ2) is 15.5. The van der Waals surface area contributed by atoms with Crippen LogP contribution in [0.25, 0.3) is 5.43 Å². The first-order chi connectivity index (χ1) is 25.1. The zero-order valence-corrected chi connectivity index (χ0v) is 32.7. The van der Waals surface area contributed by atoms with E-state index in [0.29, 0.717) is 49.1 Å². The Labute approximate surface area is 318 Å². The monoisotopic (exact) mass is 940 g/mol. The van der Waals surface area contributed by atoms with Crippen LogP contribution in [0.2, 0.25) is 0 Å². The standard InChI is InChI=1S/C33H34I2N8O9/c1-5-38(6-2)21-9-13-27-31(19-21)50-33(40(27)36-26-18-24(43(46)47)12-16-30(26)52-48)49-29-15-11-23(42(44)45)17-25(29)37-41(35-34)28-14-10-22(20-32(28)51-33)39(7-3)8-4/h9-20,36,48H,5-8H2,1-4H3/t33-/m0/s1. The Bertz CT molecular complexity index is 2050. The zero-order chi connectivity index (χ0) is 37.2. The van der Waals surface area contributed by atoms with Gasteiger partial charge < -0.3 is 39.6 Å². The summed E-state index contributed by atoms with van der Waals surface area (Å²) in [6.07, 6.45) is -2.20. The molecule has 1 unspecified atom stereocenters. The molecule has 2 heterocycles. The highest BCUT2D eigenvalue weighted by Crippen LogP contribution is 2.48. The molecular weight excluding hydrogens is 906 g/mol. The number of non-ortho nitro benzene ring substituents is 2. The molecule has 2 N–H and O–H groups in total. The van der Waals surface area contributed by atoms with Crippen LogP contribution in [-0.4, -0.2) is 45.0 Å². The number of nitrogens with one attached hydrogen (secondary N) is 2. The molecule has 0 amide bonds. The molecule has 19 heteroatoms. The van der Waals surface area contributed by atoms with Gasteiger partial charge in [-0.2, -0.15) is 0 Å².